The van der Waals surface area contributed by atoms with Crippen LogP contribution in [-0.4, -0.2) is 69.1 Å². The highest BCUT2D eigenvalue weighted by Gasteiger charge is 2.54. The van der Waals surface area contributed by atoms with Gasteiger partial charge in [0.05, 0.1) is 30.0 Å². The van der Waals surface area contributed by atoms with E-state index in [-0.39, 0.29) is 18.6 Å². The van der Waals surface area contributed by atoms with Crippen LogP contribution in [0.1, 0.15) is 29.5 Å². The Hall–Kier alpha value is -3.85. The third-order valence-corrected chi connectivity index (χ3v) is 8.37. The number of thiophene rings is 1. The van der Waals surface area contributed by atoms with Gasteiger partial charge < -0.3 is 19.8 Å². The van der Waals surface area contributed by atoms with Crippen LogP contribution in [0.5, 0.6) is 0 Å². The molecule has 0 radical (unpaired) electrons. The smallest absolute Gasteiger partial charge is 0.329 e. The van der Waals surface area contributed by atoms with E-state index in [0.717, 1.165) is 4.88 Å². The molecule has 8 nitrogen and oxygen atoms in total. The van der Waals surface area contributed by atoms with Gasteiger partial charge in [-0.05, 0) is 63.1 Å². The van der Waals surface area contributed by atoms with Crippen molar-refractivity contribution in [1.29, 1.82) is 0 Å². The Morgan fingerprint density at radius 3 is 2.08 bits per heavy atom. The predicted octanol–water partition coefficient (Wildman–Crippen LogP) is 5.56. The molecule has 2 aliphatic heterocycles. The van der Waals surface area contributed by atoms with Gasteiger partial charge in [0.15, 0.2) is 6.04 Å². The molecule has 2 aliphatic rings. The zero-order valence-corrected chi connectivity index (χ0v) is 22.4. The van der Waals surface area contributed by atoms with Crippen LogP contribution in [0.25, 0.3) is 0 Å². The van der Waals surface area contributed by atoms with Crippen LogP contribution >= 0.6 is 11.3 Å². The SMILES string of the molecule is CCN(Cc1ccc(C)s1)C(=O)N1C2CC[C@@H]1[C@@H](C(=O)O)N(C(=O)N(c1ccccc1)c1ccccc1)C2. The first-order chi connectivity index (χ1) is 18.4. The van der Waals surface area contributed by atoms with Gasteiger partial charge in [0.25, 0.3) is 0 Å². The van der Waals surface area contributed by atoms with Gasteiger partial charge in [-0.25, -0.2) is 14.4 Å². The number of urea groups is 2. The van der Waals surface area contributed by atoms with Crippen molar-refractivity contribution in [1.82, 2.24) is 14.7 Å². The number of hydrogen-bond acceptors (Lipinski definition) is 4. The summed E-state index contributed by atoms with van der Waals surface area (Å²) in [6.45, 7) is 5.15. The lowest BCUT2D eigenvalue weighted by atomic mass is 10.0. The van der Waals surface area contributed by atoms with Crippen LogP contribution in [0, 0.1) is 6.92 Å². The summed E-state index contributed by atoms with van der Waals surface area (Å²) in [6.07, 6.45) is 1.21. The molecule has 4 amide bonds. The lowest BCUT2D eigenvalue weighted by Crippen LogP contribution is -2.67. The van der Waals surface area contributed by atoms with Gasteiger partial charge in [0.1, 0.15) is 0 Å². The van der Waals surface area contributed by atoms with Crippen LogP contribution in [0.2, 0.25) is 0 Å². The monoisotopic (exact) mass is 532 g/mol. The molecule has 2 fully saturated rings. The molecule has 9 heteroatoms. The molecule has 0 saturated carbocycles. The fourth-order valence-corrected chi connectivity index (χ4v) is 6.54. The number of carboxylic acids is 1. The van der Waals surface area contributed by atoms with E-state index in [0.29, 0.717) is 37.3 Å². The maximum Gasteiger partial charge on any atom is 0.329 e. The Balaban J connectivity index is 1.44. The topological polar surface area (TPSA) is 84.4 Å². The first-order valence-corrected chi connectivity index (χ1v) is 13.8. The molecule has 3 aromatic rings. The number of fused-ring (bicyclic) bond motifs is 2. The second-order valence-corrected chi connectivity index (χ2v) is 11.1. The number of aryl methyl sites for hydroxylation is 1. The summed E-state index contributed by atoms with van der Waals surface area (Å²) in [5.74, 6) is -1.10. The van der Waals surface area contributed by atoms with Crippen molar-refractivity contribution in [2.24, 2.45) is 0 Å². The minimum atomic E-state index is -1.14. The molecule has 2 saturated heterocycles. The van der Waals surface area contributed by atoms with E-state index < -0.39 is 24.1 Å². The fraction of sp³-hybridized carbons (Fsp3) is 0.345. The summed E-state index contributed by atoms with van der Waals surface area (Å²) in [5, 5.41) is 10.4. The number of rotatable bonds is 6. The molecule has 2 bridgehead atoms. The Morgan fingerprint density at radius 1 is 0.921 bits per heavy atom. The zero-order valence-electron chi connectivity index (χ0n) is 21.6. The molecule has 0 spiro atoms. The first kappa shape index (κ1) is 25.8. The lowest BCUT2D eigenvalue weighted by molar-refractivity contribution is -0.145. The molecule has 3 heterocycles. The van der Waals surface area contributed by atoms with Crippen molar-refractivity contribution >= 4 is 40.7 Å². The largest absolute Gasteiger partial charge is 0.480 e. The number of hydrogen-bond donors (Lipinski definition) is 1. The average Bonchev–Trinajstić information content (AvgIpc) is 3.48. The molecule has 1 aromatic heterocycles. The summed E-state index contributed by atoms with van der Waals surface area (Å²) in [6, 6.07) is 20.0. The van der Waals surface area contributed by atoms with E-state index in [1.807, 2.05) is 86.6 Å². The van der Waals surface area contributed by atoms with E-state index in [2.05, 4.69) is 0 Å². The quantitative estimate of drug-likeness (QED) is 0.451. The highest BCUT2D eigenvalue weighted by atomic mass is 32.1. The molecular weight excluding hydrogens is 500 g/mol. The van der Waals surface area contributed by atoms with E-state index in [1.54, 1.807) is 26.0 Å². The third-order valence-electron chi connectivity index (χ3n) is 7.39. The van der Waals surface area contributed by atoms with Crippen LogP contribution in [0.4, 0.5) is 21.0 Å². The number of carbonyl (C=O) groups excluding carboxylic acids is 2. The third kappa shape index (κ3) is 4.86. The highest BCUT2D eigenvalue weighted by Crippen LogP contribution is 2.38. The van der Waals surface area contributed by atoms with Gasteiger partial charge in [-0.15, -0.1) is 11.3 Å². The maximum absolute atomic E-state index is 14.1. The van der Waals surface area contributed by atoms with Crippen LogP contribution in [0.15, 0.2) is 72.8 Å². The Kier molecular flexibility index (Phi) is 7.37. The number of piperazine rings is 1. The molecule has 1 N–H and O–H groups in total. The molecule has 2 aromatic carbocycles. The second kappa shape index (κ2) is 10.9. The van der Waals surface area contributed by atoms with Gasteiger partial charge in [-0.2, -0.15) is 0 Å². The summed E-state index contributed by atoms with van der Waals surface area (Å²) in [5.41, 5.74) is 1.31. The van der Waals surface area contributed by atoms with E-state index in [9.17, 15) is 19.5 Å². The molecule has 0 aliphatic carbocycles. The Bertz CT molecular complexity index is 1260. The second-order valence-electron chi connectivity index (χ2n) is 9.74. The van der Waals surface area contributed by atoms with Crippen molar-refractivity contribution in [2.75, 3.05) is 18.0 Å². The van der Waals surface area contributed by atoms with E-state index in [1.165, 1.54) is 9.78 Å². The normalized spacial score (nSPS) is 20.3. The first-order valence-electron chi connectivity index (χ1n) is 12.9. The zero-order chi connectivity index (χ0) is 26.8. The number of para-hydroxylation sites is 2. The van der Waals surface area contributed by atoms with Crippen LogP contribution < -0.4 is 4.90 Å². The number of nitrogens with zero attached hydrogens (tertiary/aromatic N) is 4. The number of aliphatic carboxylic acids is 1. The Morgan fingerprint density at radius 2 is 1.55 bits per heavy atom. The van der Waals surface area contributed by atoms with Gasteiger partial charge in [-0.1, -0.05) is 36.4 Å². The van der Waals surface area contributed by atoms with Crippen molar-refractivity contribution in [3.63, 3.8) is 0 Å². The highest BCUT2D eigenvalue weighted by molar-refractivity contribution is 7.11. The molecule has 38 heavy (non-hydrogen) atoms. The van der Waals surface area contributed by atoms with E-state index in [4.69, 9.17) is 0 Å². The number of carboxylic acid groups (broad SMARTS) is 1. The van der Waals surface area contributed by atoms with Crippen LogP contribution in [-0.2, 0) is 11.3 Å². The van der Waals surface area contributed by atoms with Crippen molar-refractivity contribution in [2.45, 2.75) is 51.4 Å². The number of benzene rings is 2. The lowest BCUT2D eigenvalue weighted by Gasteiger charge is -2.47. The summed E-state index contributed by atoms with van der Waals surface area (Å²) < 4.78 is 0. The fourth-order valence-electron chi connectivity index (χ4n) is 5.63. The van der Waals surface area contributed by atoms with Crippen molar-refractivity contribution in [3.05, 3.63) is 82.6 Å². The average molecular weight is 533 g/mol. The van der Waals surface area contributed by atoms with Gasteiger partial charge in [-0.3, -0.25) is 4.90 Å². The summed E-state index contributed by atoms with van der Waals surface area (Å²) >= 11 is 1.66. The summed E-state index contributed by atoms with van der Waals surface area (Å²) in [4.78, 5) is 49.4. The molecule has 198 valence electrons. The standard InChI is InChI=1S/C29H32N4O4S/c1-3-30(19-24-16-14-20(2)38-24)28(36)33-23-15-17-25(33)26(27(34)35)31(18-23)29(37)32(21-10-6-4-7-11-21)22-12-8-5-9-13-22/h4-14,16,23,25-26H,3,15,17-19H2,1-2H3,(H,34,35)/t23?,25-,26+/m1/s1. The number of anilines is 2. The molecule has 3 atom stereocenters. The van der Waals surface area contributed by atoms with Gasteiger partial charge in [0, 0.05) is 22.8 Å². The number of amides is 4. The minimum Gasteiger partial charge on any atom is -0.480 e. The van der Waals surface area contributed by atoms with Gasteiger partial charge >= 0.3 is 18.0 Å². The number of likely N-dealkylation sites (tertiary alicyclic amines) is 1. The Labute approximate surface area is 226 Å². The molecular formula is C29H32N4O4S. The van der Waals surface area contributed by atoms with Crippen LogP contribution in [0.3, 0.4) is 0 Å². The summed E-state index contributed by atoms with van der Waals surface area (Å²) in [7, 11) is 0. The minimum absolute atomic E-state index is 0.160. The van der Waals surface area contributed by atoms with E-state index >= 15 is 0 Å². The van der Waals surface area contributed by atoms with Crippen molar-refractivity contribution in [3.8, 4) is 0 Å². The maximum atomic E-state index is 14.1. The predicted molar refractivity (Wildman–Crippen MR) is 148 cm³/mol. The molecule has 1 unspecified atom stereocenters. The van der Waals surface area contributed by atoms with Crippen molar-refractivity contribution < 1.29 is 19.5 Å². The number of carbonyl (C=O) groups is 3. The van der Waals surface area contributed by atoms with Gasteiger partial charge in [0.2, 0.25) is 0 Å². The molecule has 5 rings (SSSR count).